The Balaban J connectivity index is -0.0000000200. The van der Waals surface area contributed by atoms with E-state index in [0.29, 0.717) is 0 Å². The molecule has 47 valence electrons. The average molecular weight is 225 g/mol. The first-order valence-corrected chi connectivity index (χ1v) is 1.11. The Hall–Kier alpha value is 1.48. The Morgan fingerprint density at radius 3 is 1.00 bits per heavy atom. The number of hydrogen-bond donors (Lipinski definition) is 2. The Morgan fingerprint density at radius 2 is 1.00 bits per heavy atom. The molecule has 2 N–H and O–H groups in total. The molecule has 0 unspecified atom stereocenters. The van der Waals surface area contributed by atoms with E-state index in [1.54, 1.807) is 0 Å². The fourth-order valence-corrected chi connectivity index (χ4v) is 0. The normalized spacial score (nSPS) is 4.40. The third-order valence-corrected chi connectivity index (χ3v) is 0. The van der Waals surface area contributed by atoms with E-state index >= 15 is 0 Å². The summed E-state index contributed by atoms with van der Waals surface area (Å²) in [6, 6.07) is 0. The van der Waals surface area contributed by atoms with Crippen LogP contribution in [0.5, 0.6) is 0 Å². The molecule has 0 saturated heterocycles. The topological polar surface area (TPSA) is 40.5 Å². The fourth-order valence-electron chi connectivity index (χ4n) is 0. The molecular weight excluding hydrogens is 223 g/mol. The molecule has 0 aliphatic carbocycles. The van der Waals surface area contributed by atoms with Crippen molar-refractivity contribution in [2.24, 2.45) is 0 Å². The standard InChI is InChI=1S/3Cu.2H2O/h;;;2*1H2/q;;+2;;/p-2. The average Bonchev–Trinajstić information content (AvgIpc) is 0.918. The van der Waals surface area contributed by atoms with Gasteiger partial charge in [0.05, 0.1) is 0 Å². The Morgan fingerprint density at radius 1 is 1.00 bits per heavy atom. The first-order chi connectivity index (χ1) is 1.41. The van der Waals surface area contributed by atoms with Crippen LogP contribution in [0, 0.1) is 0 Å². The van der Waals surface area contributed by atoms with Crippen molar-refractivity contribution in [1.29, 1.82) is 0 Å². The van der Waals surface area contributed by atoms with Gasteiger partial charge in [0.1, 0.15) is 0 Å². The third kappa shape index (κ3) is 30.3. The molecule has 0 aromatic rings. The fraction of sp³-hybridized carbons (Fsp3) is 0. The van der Waals surface area contributed by atoms with Crippen molar-refractivity contribution in [2.45, 2.75) is 0 Å². The summed E-state index contributed by atoms with van der Waals surface area (Å²) < 4.78 is 14.1. The van der Waals surface area contributed by atoms with Gasteiger partial charge >= 0.3 is 24.0 Å². The SMILES string of the molecule is [Cu].[Cu].[OH][Cu][OH]. The zero-order chi connectivity index (χ0) is 2.71. The van der Waals surface area contributed by atoms with Crippen LogP contribution in [0.2, 0.25) is 0 Å². The summed E-state index contributed by atoms with van der Waals surface area (Å²) in [6.45, 7) is 0. The first-order valence-electron chi connectivity index (χ1n) is 0.270. The summed E-state index contributed by atoms with van der Waals surface area (Å²) in [5, 5.41) is 0. The summed E-state index contributed by atoms with van der Waals surface area (Å²) in [4.78, 5) is 0. The second-order valence-electron chi connectivity index (χ2n) is 0.0603. The van der Waals surface area contributed by atoms with Gasteiger partial charge in [0.25, 0.3) is 0 Å². The molecule has 0 atom stereocenters. The van der Waals surface area contributed by atoms with Crippen LogP contribution in [0.4, 0.5) is 0 Å². The molecule has 0 saturated carbocycles. The second kappa shape index (κ2) is 17.9. The molecule has 2 radical (unpaired) electrons. The molecule has 0 fully saturated rings. The van der Waals surface area contributed by atoms with Crippen molar-refractivity contribution >= 4 is 0 Å². The van der Waals surface area contributed by atoms with Crippen molar-refractivity contribution < 1.29 is 58.1 Å². The van der Waals surface area contributed by atoms with Crippen LogP contribution in [0.25, 0.3) is 0 Å². The molecular formula is H2Cu3O2. The second-order valence-corrected chi connectivity index (χ2v) is 0.249. The Labute approximate surface area is 58.1 Å². The number of hydrogen-bond acceptors (Lipinski definition) is 2. The van der Waals surface area contributed by atoms with Gasteiger partial charge in [-0.1, -0.05) is 0 Å². The van der Waals surface area contributed by atoms with Crippen LogP contribution in [-0.4, -0.2) is 8.38 Å². The molecule has 0 aromatic heterocycles. The monoisotopic (exact) mass is 223 g/mol. The molecule has 0 amide bonds. The van der Waals surface area contributed by atoms with Gasteiger partial charge in [-0.2, -0.15) is 0 Å². The van der Waals surface area contributed by atoms with Gasteiger partial charge in [0, 0.05) is 34.1 Å². The molecule has 0 rings (SSSR count). The van der Waals surface area contributed by atoms with Gasteiger partial charge in [-0.15, -0.1) is 0 Å². The van der Waals surface area contributed by atoms with Crippen molar-refractivity contribution in [3.05, 3.63) is 0 Å². The summed E-state index contributed by atoms with van der Waals surface area (Å²) in [5.41, 5.74) is 0. The van der Waals surface area contributed by atoms with Crippen LogP contribution in [0.3, 0.4) is 0 Å². The minimum atomic E-state index is -0.188. The number of rotatable bonds is 0. The molecule has 0 aliphatic heterocycles. The summed E-state index contributed by atoms with van der Waals surface area (Å²) >= 11 is -0.188. The molecule has 2 nitrogen and oxygen atoms in total. The van der Waals surface area contributed by atoms with E-state index in [-0.39, 0.29) is 49.8 Å². The van der Waals surface area contributed by atoms with Gasteiger partial charge in [0.15, 0.2) is 0 Å². The van der Waals surface area contributed by atoms with Crippen LogP contribution >= 0.6 is 0 Å². The molecule has 0 heterocycles. The van der Waals surface area contributed by atoms with Crippen LogP contribution in [0.15, 0.2) is 0 Å². The molecule has 0 aliphatic rings. The molecule has 0 aromatic carbocycles. The van der Waals surface area contributed by atoms with E-state index in [1.807, 2.05) is 0 Å². The van der Waals surface area contributed by atoms with Crippen LogP contribution in [0.1, 0.15) is 0 Å². The zero-order valence-electron chi connectivity index (χ0n) is 1.80. The van der Waals surface area contributed by atoms with Gasteiger partial charge < -0.3 is 0 Å². The van der Waals surface area contributed by atoms with Crippen molar-refractivity contribution in [2.75, 3.05) is 0 Å². The summed E-state index contributed by atoms with van der Waals surface area (Å²) in [5.74, 6) is 0. The van der Waals surface area contributed by atoms with Gasteiger partial charge in [0.2, 0.25) is 0 Å². The minimum absolute atomic E-state index is 0. The van der Waals surface area contributed by atoms with E-state index in [9.17, 15) is 0 Å². The van der Waals surface area contributed by atoms with Crippen molar-refractivity contribution in [3.8, 4) is 0 Å². The van der Waals surface area contributed by atoms with Crippen molar-refractivity contribution in [1.82, 2.24) is 0 Å². The van der Waals surface area contributed by atoms with E-state index in [4.69, 9.17) is 8.38 Å². The molecule has 5 heavy (non-hydrogen) atoms. The summed E-state index contributed by atoms with van der Waals surface area (Å²) in [6.07, 6.45) is 0. The Kier molecular flexibility index (Phi) is 57.5. The molecule has 0 bridgehead atoms. The third-order valence-electron chi connectivity index (χ3n) is 0. The maximum atomic E-state index is 7.03. The van der Waals surface area contributed by atoms with Gasteiger partial charge in [-0.25, -0.2) is 0 Å². The Bertz CT molecular complexity index is 4.85. The first kappa shape index (κ1) is 16.1. The predicted octanol–water partition coefficient (Wildman–Crippen LogP) is -1.12. The molecule has 0 spiro atoms. The van der Waals surface area contributed by atoms with Crippen molar-refractivity contribution in [3.63, 3.8) is 0 Å². The van der Waals surface area contributed by atoms with Crippen LogP contribution < -0.4 is 0 Å². The maximum absolute atomic E-state index is 7.03. The predicted molar refractivity (Wildman–Crippen MR) is 4.44 cm³/mol. The van der Waals surface area contributed by atoms with Gasteiger partial charge in [-0.3, -0.25) is 0 Å². The van der Waals surface area contributed by atoms with E-state index in [2.05, 4.69) is 0 Å². The quantitative estimate of drug-likeness (QED) is 0.512. The van der Waals surface area contributed by atoms with Crippen LogP contribution in [-0.2, 0) is 49.8 Å². The molecule has 5 heteroatoms. The van der Waals surface area contributed by atoms with E-state index in [0.717, 1.165) is 0 Å². The van der Waals surface area contributed by atoms with E-state index in [1.165, 1.54) is 0 Å². The van der Waals surface area contributed by atoms with E-state index < -0.39 is 0 Å². The zero-order valence-corrected chi connectivity index (χ0v) is 4.62. The van der Waals surface area contributed by atoms with Gasteiger partial charge in [-0.05, 0) is 0 Å². The summed E-state index contributed by atoms with van der Waals surface area (Å²) in [7, 11) is 0.